The summed E-state index contributed by atoms with van der Waals surface area (Å²) in [5.41, 5.74) is 9.06. The van der Waals surface area contributed by atoms with Crippen LogP contribution in [0.5, 0.6) is 0 Å². The first-order valence-corrected chi connectivity index (χ1v) is 23.6. The van der Waals surface area contributed by atoms with E-state index in [1.165, 1.54) is 12.1 Å². The lowest BCUT2D eigenvalue weighted by molar-refractivity contribution is 0.102. The zero-order chi connectivity index (χ0) is 42.6. The Morgan fingerprint density at radius 1 is 0.517 bits per heavy atom. The number of sulfonamides is 3. The van der Waals surface area contributed by atoms with Crippen molar-refractivity contribution in [1.29, 1.82) is 0 Å². The zero-order valence-electron chi connectivity index (χ0n) is 33.3. The lowest BCUT2D eigenvalue weighted by Gasteiger charge is -2.20. The van der Waals surface area contributed by atoms with Crippen LogP contribution in [0.1, 0.15) is 65.7 Å². The van der Waals surface area contributed by atoms with Crippen molar-refractivity contribution < 1.29 is 34.8 Å². The predicted octanol–water partition coefficient (Wildman–Crippen LogP) is 6.41. The second kappa shape index (κ2) is 17.4. The highest BCUT2D eigenvalue weighted by Gasteiger charge is 2.27. The van der Waals surface area contributed by atoms with E-state index >= 15 is 0 Å². The molecular weight excluding hydrogens is 797 g/mol. The number of rotatable bonds is 13. The van der Waals surface area contributed by atoms with E-state index in [0.29, 0.717) is 44.8 Å². The highest BCUT2D eigenvalue weighted by atomic mass is 32.3. The molecule has 6 aromatic rings. The number of nitrogens with one attached hydrogen (secondary N) is 1. The van der Waals surface area contributed by atoms with Gasteiger partial charge in [-0.1, -0.05) is 83.9 Å². The maximum Gasteiger partial charge on any atom is 0.245 e. The molecule has 0 saturated heterocycles. The largest absolute Gasteiger partial charge is 0.345 e. The first-order chi connectivity index (χ1) is 27.1. The van der Waals surface area contributed by atoms with Crippen LogP contribution in [0.15, 0.2) is 121 Å². The number of benzene rings is 4. The summed E-state index contributed by atoms with van der Waals surface area (Å²) in [6.45, 7) is 3.96. The summed E-state index contributed by atoms with van der Waals surface area (Å²) in [7, 11) is -7.55. The van der Waals surface area contributed by atoms with E-state index in [2.05, 4.69) is 4.72 Å². The third kappa shape index (κ3) is 11.0. The first kappa shape index (κ1) is 43.4. The van der Waals surface area contributed by atoms with E-state index in [-0.39, 0.29) is 17.3 Å². The van der Waals surface area contributed by atoms with Crippen LogP contribution in [0.4, 0.5) is 11.4 Å². The molecule has 0 saturated carbocycles. The summed E-state index contributed by atoms with van der Waals surface area (Å²) in [6, 6.07) is 35.9. The molecule has 0 aliphatic carbocycles. The minimum atomic E-state index is -3.99. The molecule has 0 spiro atoms. The van der Waals surface area contributed by atoms with Crippen LogP contribution >= 0.6 is 0 Å². The Bertz CT molecular complexity index is 2740. The zero-order valence-corrected chi connectivity index (χ0v) is 35.7. The fraction of sp³-hybridized carbons (Fsp3) is 0.209. The molecule has 0 unspecified atom stereocenters. The molecule has 0 amide bonds. The number of carbonyl (C=O) groups is 2. The third-order valence-electron chi connectivity index (χ3n) is 9.32. The molecule has 0 atom stereocenters. The lowest BCUT2D eigenvalue weighted by atomic mass is 10.1. The van der Waals surface area contributed by atoms with E-state index in [4.69, 9.17) is 0 Å². The van der Waals surface area contributed by atoms with Crippen LogP contribution < -0.4 is 8.43 Å². The number of aryl methyl sites for hydroxylation is 2. The van der Waals surface area contributed by atoms with E-state index in [1.807, 2.05) is 104 Å². The fourth-order valence-corrected chi connectivity index (χ4v) is 9.85. The molecule has 0 aliphatic heterocycles. The van der Waals surface area contributed by atoms with Crippen molar-refractivity contribution in [1.82, 2.24) is 9.13 Å². The number of carbonyl (C=O) groups excluding carboxylic acids is 2. The van der Waals surface area contributed by atoms with Gasteiger partial charge in [-0.15, -0.1) is 0 Å². The van der Waals surface area contributed by atoms with Gasteiger partial charge in [0.2, 0.25) is 41.6 Å². The molecule has 6 rings (SSSR count). The monoisotopic (exact) mass is 842 g/mol. The van der Waals surface area contributed by atoms with Crippen LogP contribution in [0, 0.1) is 13.8 Å². The van der Waals surface area contributed by atoms with Crippen LogP contribution in [0.3, 0.4) is 0 Å². The molecule has 15 heteroatoms. The van der Waals surface area contributed by atoms with Gasteiger partial charge in [0.15, 0.2) is 0 Å². The number of anilines is 2. The highest BCUT2D eigenvalue weighted by molar-refractivity contribution is 8.09. The molecule has 58 heavy (non-hydrogen) atoms. The average Bonchev–Trinajstić information content (AvgIpc) is 3.69. The molecular formula is C43H46N4O8S3. The molecule has 0 radical (unpaired) electrons. The lowest BCUT2D eigenvalue weighted by Crippen LogP contribution is -2.35. The van der Waals surface area contributed by atoms with Gasteiger partial charge in [0.05, 0.1) is 35.8 Å². The predicted molar refractivity (Wildman–Crippen MR) is 229 cm³/mol. The van der Waals surface area contributed by atoms with Gasteiger partial charge in [-0.05, 0) is 73.5 Å². The molecule has 4 aromatic carbocycles. The Balaban J connectivity index is 0.000000223. The van der Waals surface area contributed by atoms with E-state index in [9.17, 15) is 34.8 Å². The summed E-state index contributed by atoms with van der Waals surface area (Å²) in [5.74, 6) is -0.0718. The highest BCUT2D eigenvalue weighted by Crippen LogP contribution is 2.24. The van der Waals surface area contributed by atoms with Crippen molar-refractivity contribution >= 4 is 53.0 Å². The van der Waals surface area contributed by atoms with Crippen molar-refractivity contribution in [2.45, 2.75) is 26.7 Å². The summed E-state index contributed by atoms with van der Waals surface area (Å²) in [5, 5.41) is 0. The molecule has 304 valence electrons. The fourth-order valence-electron chi connectivity index (χ4n) is 6.31. The molecule has 0 fully saturated rings. The van der Waals surface area contributed by atoms with E-state index < -0.39 is 30.1 Å². The Morgan fingerprint density at radius 3 is 1.22 bits per heavy atom. The van der Waals surface area contributed by atoms with Crippen molar-refractivity contribution in [3.05, 3.63) is 177 Å². The van der Waals surface area contributed by atoms with Crippen LogP contribution in [0.2, 0.25) is 0 Å². The van der Waals surface area contributed by atoms with Crippen LogP contribution in [-0.2, 0) is 57.0 Å². The minimum Gasteiger partial charge on any atom is -0.345 e. The first-order valence-electron chi connectivity index (χ1n) is 18.0. The number of nitrogens with zero attached hydrogens (tertiary/aromatic N) is 3. The normalized spacial score (nSPS) is 11.7. The number of ketones is 2. The SMILES string of the molecule is Cc1ccc(C(=O)c2ccc(Cc3ccc(N(S(C)(=O)=O)S(C)(=O)=O)cc3)n2C)cc1.Cc1ccc(C(=O)c2ccc(Cc3ccc(NS(C)(=O)=O)cc3)n2C)cc1. The topological polar surface area (TPSA) is 162 Å². The molecule has 2 heterocycles. The second-order valence-electron chi connectivity index (χ2n) is 14.2. The number of hydrogen-bond acceptors (Lipinski definition) is 8. The number of hydrogen-bond donors (Lipinski definition) is 1. The van der Waals surface area contributed by atoms with Gasteiger partial charge in [-0.2, -0.15) is 3.71 Å². The van der Waals surface area contributed by atoms with Crippen LogP contribution in [0.25, 0.3) is 0 Å². The van der Waals surface area contributed by atoms with Crippen molar-refractivity contribution in [3.8, 4) is 0 Å². The van der Waals surface area contributed by atoms with Gasteiger partial charge in [0, 0.05) is 55.1 Å². The Morgan fingerprint density at radius 2 is 0.879 bits per heavy atom. The van der Waals surface area contributed by atoms with Gasteiger partial charge in [-0.3, -0.25) is 14.3 Å². The van der Waals surface area contributed by atoms with Crippen LogP contribution in [-0.4, -0.2) is 64.7 Å². The van der Waals surface area contributed by atoms with Gasteiger partial charge in [-0.25, -0.2) is 25.3 Å². The maximum atomic E-state index is 12.8. The summed E-state index contributed by atoms with van der Waals surface area (Å²) >= 11 is 0. The molecule has 0 bridgehead atoms. The second-order valence-corrected chi connectivity index (χ2v) is 19.9. The quantitative estimate of drug-likeness (QED) is 0.131. The Kier molecular flexibility index (Phi) is 13.0. The molecule has 2 aromatic heterocycles. The average molecular weight is 843 g/mol. The molecule has 12 nitrogen and oxygen atoms in total. The van der Waals surface area contributed by atoms with E-state index in [0.717, 1.165) is 52.4 Å². The number of aromatic nitrogens is 2. The van der Waals surface area contributed by atoms with Gasteiger partial charge < -0.3 is 9.13 Å². The summed E-state index contributed by atoms with van der Waals surface area (Å²) in [4.78, 5) is 25.5. The minimum absolute atomic E-state index is 0.00329. The maximum absolute atomic E-state index is 12.8. The summed E-state index contributed by atoms with van der Waals surface area (Å²) in [6.07, 6.45) is 3.96. The van der Waals surface area contributed by atoms with E-state index in [1.54, 1.807) is 42.5 Å². The van der Waals surface area contributed by atoms with Crippen molar-refractivity contribution in [2.75, 3.05) is 27.2 Å². The van der Waals surface area contributed by atoms with Gasteiger partial charge >= 0.3 is 0 Å². The van der Waals surface area contributed by atoms with Gasteiger partial charge in [0.25, 0.3) is 0 Å². The standard InChI is InChI=1S/C22H24N2O5S2.C21H22N2O3S/c1-16-5-9-18(10-6-16)22(25)21-14-13-20(23(21)2)15-17-7-11-19(12-8-17)24(30(3,26)27)31(4,28)29;1-15-4-8-17(9-5-15)21(24)20-13-12-19(23(20)2)14-16-6-10-18(11-7-16)22-27(3,25)26/h5-14H,15H2,1-4H3;4-13,22H,14H2,1-3H3. The molecule has 1 N–H and O–H groups in total. The van der Waals surface area contributed by atoms with Crippen molar-refractivity contribution in [2.24, 2.45) is 14.1 Å². The Labute approximate surface area is 340 Å². The smallest absolute Gasteiger partial charge is 0.245 e. The third-order valence-corrected chi connectivity index (χ3v) is 13.2. The molecule has 0 aliphatic rings. The summed E-state index contributed by atoms with van der Waals surface area (Å²) < 4.78 is 76.8. The Hall–Kier alpha value is -5.77. The van der Waals surface area contributed by atoms with Gasteiger partial charge in [0.1, 0.15) is 0 Å². The van der Waals surface area contributed by atoms with Crippen molar-refractivity contribution in [3.63, 3.8) is 0 Å².